The molecule has 1 aliphatic heterocycles. The first-order chi connectivity index (χ1) is 17.2. The van der Waals surface area contributed by atoms with Crippen LogP contribution in [0.2, 0.25) is 0 Å². The molecule has 10 heteroatoms. The zero-order chi connectivity index (χ0) is 26.7. The number of unbranched alkanes of at least 4 members (excludes halogenated alkanes) is 4. The van der Waals surface area contributed by atoms with E-state index in [9.17, 15) is 19.5 Å². The van der Waals surface area contributed by atoms with Gasteiger partial charge in [-0.25, -0.2) is 4.79 Å². The summed E-state index contributed by atoms with van der Waals surface area (Å²) in [5.41, 5.74) is 5.85. The van der Waals surface area contributed by atoms with Gasteiger partial charge in [-0.05, 0) is 56.9 Å². The Hall–Kier alpha value is -2.59. The van der Waals surface area contributed by atoms with Gasteiger partial charge in [0.1, 0.15) is 10.4 Å². The van der Waals surface area contributed by atoms with Gasteiger partial charge in [0, 0.05) is 6.42 Å². The number of carbonyl (C=O) groups excluding carboxylic acids is 2. The maximum Gasteiger partial charge on any atom is 0.326 e. The summed E-state index contributed by atoms with van der Waals surface area (Å²) in [6, 6.07) is 4.17. The molecular formula is C26H36N2O6S2. The zero-order valence-electron chi connectivity index (χ0n) is 21.2. The van der Waals surface area contributed by atoms with E-state index < -0.39 is 23.8 Å². The average molecular weight is 537 g/mol. The first-order valence-corrected chi connectivity index (χ1v) is 13.6. The Morgan fingerprint density at radius 1 is 1.17 bits per heavy atom. The standard InChI is InChI=1S/C26H36N2O6S2/c1-4-6-7-8-9-10-17(3)34-20-13-11-18(15-21(20)33-5-2)16-22-24(30)28(26(35)36-22)19(25(31)32)12-14-23(27)29/h11,13,15-17,19H,4-10,12,14H2,1-3H3,(H2,27,29)(H,31,32)/b22-16+. The van der Waals surface area contributed by atoms with Crippen LogP contribution in [0.4, 0.5) is 0 Å². The van der Waals surface area contributed by atoms with Crippen LogP contribution in [-0.4, -0.2) is 50.9 Å². The lowest BCUT2D eigenvalue weighted by molar-refractivity contribution is -0.145. The molecule has 8 nitrogen and oxygen atoms in total. The predicted octanol–water partition coefficient (Wildman–Crippen LogP) is 5.13. The number of thioether (sulfide) groups is 1. The van der Waals surface area contributed by atoms with Crippen LogP contribution in [0.15, 0.2) is 23.1 Å². The lowest BCUT2D eigenvalue weighted by atomic mass is 10.1. The van der Waals surface area contributed by atoms with Crippen LogP contribution < -0.4 is 15.2 Å². The predicted molar refractivity (Wildman–Crippen MR) is 146 cm³/mol. The van der Waals surface area contributed by atoms with Crippen molar-refractivity contribution < 1.29 is 29.0 Å². The van der Waals surface area contributed by atoms with E-state index in [4.69, 9.17) is 27.4 Å². The summed E-state index contributed by atoms with van der Waals surface area (Å²) in [4.78, 5) is 37.2. The Kier molecular flexibility index (Phi) is 12.2. The van der Waals surface area contributed by atoms with Crippen LogP contribution in [-0.2, 0) is 14.4 Å². The van der Waals surface area contributed by atoms with Gasteiger partial charge < -0.3 is 20.3 Å². The fourth-order valence-electron chi connectivity index (χ4n) is 3.83. The van der Waals surface area contributed by atoms with Gasteiger partial charge in [0.15, 0.2) is 11.5 Å². The van der Waals surface area contributed by atoms with Crippen molar-refractivity contribution in [2.75, 3.05) is 6.61 Å². The van der Waals surface area contributed by atoms with Gasteiger partial charge in [0.25, 0.3) is 5.91 Å². The number of thiocarbonyl (C=S) groups is 1. The van der Waals surface area contributed by atoms with Gasteiger partial charge in [-0.1, -0.05) is 62.7 Å². The number of rotatable bonds is 16. The maximum atomic E-state index is 13.0. The van der Waals surface area contributed by atoms with E-state index in [2.05, 4.69) is 6.92 Å². The zero-order valence-corrected chi connectivity index (χ0v) is 22.8. The Morgan fingerprint density at radius 2 is 1.89 bits per heavy atom. The van der Waals surface area contributed by atoms with Crippen molar-refractivity contribution in [3.8, 4) is 11.5 Å². The lowest BCUT2D eigenvalue weighted by Gasteiger charge is -2.22. The Labute approximate surface area is 222 Å². The molecule has 0 saturated carbocycles. The van der Waals surface area contributed by atoms with Gasteiger partial charge in [-0.2, -0.15) is 0 Å². The molecule has 2 unspecified atom stereocenters. The molecule has 1 fully saturated rings. The van der Waals surface area contributed by atoms with Gasteiger partial charge >= 0.3 is 5.97 Å². The highest BCUT2D eigenvalue weighted by Gasteiger charge is 2.40. The summed E-state index contributed by atoms with van der Waals surface area (Å²) >= 11 is 6.31. The average Bonchev–Trinajstić information content (AvgIpc) is 3.08. The molecule has 1 aromatic rings. The molecule has 2 atom stereocenters. The van der Waals surface area contributed by atoms with Crippen molar-refractivity contribution in [1.29, 1.82) is 0 Å². The van der Waals surface area contributed by atoms with Crippen molar-refractivity contribution in [3.05, 3.63) is 28.7 Å². The van der Waals surface area contributed by atoms with Crippen LogP contribution in [0.25, 0.3) is 6.08 Å². The van der Waals surface area contributed by atoms with Crippen molar-refractivity contribution in [2.24, 2.45) is 5.73 Å². The van der Waals surface area contributed by atoms with Gasteiger partial charge in [-0.15, -0.1) is 0 Å². The van der Waals surface area contributed by atoms with E-state index in [-0.39, 0.29) is 23.3 Å². The molecule has 0 bridgehead atoms. The number of hydrogen-bond donors (Lipinski definition) is 2. The van der Waals surface area contributed by atoms with Gasteiger partial charge in [-0.3, -0.25) is 14.5 Å². The third-order valence-corrected chi connectivity index (χ3v) is 7.02. The Morgan fingerprint density at radius 3 is 2.53 bits per heavy atom. The second kappa shape index (κ2) is 14.8. The summed E-state index contributed by atoms with van der Waals surface area (Å²) in [6.07, 6.45) is 8.41. The summed E-state index contributed by atoms with van der Waals surface area (Å²) < 4.78 is 12.1. The van der Waals surface area contributed by atoms with E-state index in [0.29, 0.717) is 28.6 Å². The largest absolute Gasteiger partial charge is 0.490 e. The number of carboxylic acids is 1. The molecule has 2 rings (SSSR count). The second-order valence-corrected chi connectivity index (χ2v) is 10.4. The SMILES string of the molecule is CCCCCCCC(C)Oc1ccc(/C=C2/SC(=S)N(C(CCC(N)=O)C(=O)O)C2=O)cc1OCC. The third kappa shape index (κ3) is 8.81. The molecule has 0 aliphatic carbocycles. The number of nitrogens with two attached hydrogens (primary N) is 1. The number of hydrogen-bond acceptors (Lipinski definition) is 7. The molecular weight excluding hydrogens is 500 g/mol. The first kappa shape index (κ1) is 29.6. The Balaban J connectivity index is 2.15. The monoisotopic (exact) mass is 536 g/mol. The summed E-state index contributed by atoms with van der Waals surface area (Å²) in [7, 11) is 0. The number of primary amides is 1. The number of benzene rings is 1. The van der Waals surface area contributed by atoms with Gasteiger partial charge in [0.2, 0.25) is 5.91 Å². The number of amides is 2. The van der Waals surface area contributed by atoms with Gasteiger partial charge in [0.05, 0.1) is 17.6 Å². The molecule has 3 N–H and O–H groups in total. The lowest BCUT2D eigenvalue weighted by Crippen LogP contribution is -2.44. The summed E-state index contributed by atoms with van der Waals surface area (Å²) in [6.45, 7) is 6.59. The van der Waals surface area contributed by atoms with Crippen molar-refractivity contribution in [1.82, 2.24) is 4.90 Å². The highest BCUT2D eigenvalue weighted by Crippen LogP contribution is 2.37. The minimum Gasteiger partial charge on any atom is -0.490 e. The first-order valence-electron chi connectivity index (χ1n) is 12.4. The Bertz CT molecular complexity index is 981. The van der Waals surface area contributed by atoms with E-state index in [1.165, 1.54) is 25.7 Å². The minimum absolute atomic E-state index is 0.0429. The minimum atomic E-state index is -1.26. The van der Waals surface area contributed by atoms with Crippen molar-refractivity contribution >= 4 is 52.2 Å². The molecule has 0 aromatic heterocycles. The fourth-order valence-corrected chi connectivity index (χ4v) is 5.19. The highest BCUT2D eigenvalue weighted by molar-refractivity contribution is 8.26. The molecule has 0 radical (unpaired) electrons. The maximum absolute atomic E-state index is 13.0. The summed E-state index contributed by atoms with van der Waals surface area (Å²) in [5.74, 6) is -1.19. The third-order valence-electron chi connectivity index (χ3n) is 5.69. The van der Waals surface area contributed by atoms with Crippen LogP contribution in [0.3, 0.4) is 0 Å². The van der Waals surface area contributed by atoms with E-state index in [1.54, 1.807) is 12.1 Å². The molecule has 2 amide bonds. The topological polar surface area (TPSA) is 119 Å². The molecule has 1 aromatic carbocycles. The molecule has 198 valence electrons. The molecule has 1 saturated heterocycles. The van der Waals surface area contributed by atoms with Crippen LogP contribution in [0.1, 0.15) is 77.7 Å². The number of nitrogens with zero attached hydrogens (tertiary/aromatic N) is 1. The molecule has 1 heterocycles. The van der Waals surface area contributed by atoms with Crippen LogP contribution >= 0.6 is 24.0 Å². The fraction of sp³-hybridized carbons (Fsp3) is 0.538. The van der Waals surface area contributed by atoms with E-state index in [1.807, 2.05) is 26.0 Å². The molecule has 36 heavy (non-hydrogen) atoms. The summed E-state index contributed by atoms with van der Waals surface area (Å²) in [5, 5.41) is 9.58. The number of ether oxygens (including phenoxy) is 2. The highest BCUT2D eigenvalue weighted by atomic mass is 32.2. The quantitative estimate of drug-likeness (QED) is 0.169. The second-order valence-electron chi connectivity index (χ2n) is 8.68. The number of carbonyl (C=O) groups is 3. The number of carboxylic acid groups (broad SMARTS) is 1. The van der Waals surface area contributed by atoms with E-state index in [0.717, 1.165) is 29.5 Å². The van der Waals surface area contributed by atoms with Crippen LogP contribution in [0, 0.1) is 0 Å². The van der Waals surface area contributed by atoms with Crippen molar-refractivity contribution in [3.63, 3.8) is 0 Å². The molecule has 1 aliphatic rings. The van der Waals surface area contributed by atoms with E-state index >= 15 is 0 Å². The van der Waals surface area contributed by atoms with Crippen LogP contribution in [0.5, 0.6) is 11.5 Å². The normalized spacial score (nSPS) is 16.3. The number of aliphatic carboxylic acids is 1. The van der Waals surface area contributed by atoms with Crippen molar-refractivity contribution in [2.45, 2.75) is 84.3 Å². The molecule has 0 spiro atoms. The smallest absolute Gasteiger partial charge is 0.326 e.